The Morgan fingerprint density at radius 1 is 1.64 bits per heavy atom. The predicted molar refractivity (Wildman–Crippen MR) is 44.0 cm³/mol. The van der Waals surface area contributed by atoms with E-state index in [1.807, 2.05) is 35.5 Å². The Morgan fingerprint density at radius 3 is 2.82 bits per heavy atom. The van der Waals surface area contributed by atoms with Crippen molar-refractivity contribution >= 4 is 12.2 Å². The molecule has 3 nitrogen and oxygen atoms in total. The van der Waals surface area contributed by atoms with Crippen LogP contribution in [0.5, 0.6) is 5.88 Å². The van der Waals surface area contributed by atoms with Crippen LogP contribution in [0, 0.1) is 4.77 Å². The smallest absolute Gasteiger partial charge is 0.353 e. The highest BCUT2D eigenvalue weighted by molar-refractivity contribution is 7.71. The molecule has 0 unspecified atom stereocenters. The summed E-state index contributed by atoms with van der Waals surface area (Å²) in [6.45, 7) is 0. The molecule has 0 N–H and O–H groups in total. The zero-order chi connectivity index (χ0) is 8.43. The lowest BCUT2D eigenvalue weighted by atomic mass is 10.6. The number of hydrogen-bond acceptors (Lipinski definition) is 2. The van der Waals surface area contributed by atoms with E-state index in [0.29, 0.717) is 0 Å². The lowest BCUT2D eigenvalue weighted by Gasteiger charge is -2.00. The molecule has 0 amide bonds. The highest BCUT2D eigenvalue weighted by Crippen LogP contribution is 2.04. The van der Waals surface area contributed by atoms with Crippen molar-refractivity contribution in [3.05, 3.63) is 17.0 Å². The van der Waals surface area contributed by atoms with E-state index in [1.165, 1.54) is 0 Å². The monoisotopic (exact) mass is 171 g/mol. The van der Waals surface area contributed by atoms with E-state index >= 15 is 0 Å². The van der Waals surface area contributed by atoms with Crippen LogP contribution in [0.25, 0.3) is 0 Å². The predicted octanol–water partition coefficient (Wildman–Crippen LogP) is 0.588. The molecule has 11 heavy (non-hydrogen) atoms. The summed E-state index contributed by atoms with van der Waals surface area (Å²) in [4.78, 5) is 0. The maximum absolute atomic E-state index is 5.09. The summed E-state index contributed by atoms with van der Waals surface area (Å²) in [6, 6.07) is 1.87. The number of ether oxygens (including phenoxy) is 1. The quantitative estimate of drug-likeness (QED) is 0.454. The Labute approximate surface area is 70.9 Å². The largest absolute Gasteiger partial charge is 0.465 e. The maximum atomic E-state index is 5.09. The summed E-state index contributed by atoms with van der Waals surface area (Å²) in [5, 5.41) is 0. The van der Waals surface area contributed by atoms with Crippen LogP contribution < -0.4 is 9.30 Å². The summed E-state index contributed by atoms with van der Waals surface area (Å²) in [7, 11) is 5.41. The van der Waals surface area contributed by atoms with Crippen LogP contribution >= 0.6 is 12.2 Å². The molecule has 0 fully saturated rings. The molecule has 0 aliphatic heterocycles. The third-order valence-electron chi connectivity index (χ3n) is 1.57. The number of nitrogens with zero attached hydrogens (tertiary/aromatic N) is 2. The van der Waals surface area contributed by atoms with Crippen LogP contribution in [-0.2, 0) is 14.1 Å². The Kier molecular flexibility index (Phi) is 2.24. The first kappa shape index (κ1) is 8.20. The molecule has 1 aromatic heterocycles. The number of hydrogen-bond donors (Lipinski definition) is 0. The number of methoxy groups -OCH3 is 1. The van der Waals surface area contributed by atoms with Crippen molar-refractivity contribution in [1.82, 2.24) is 4.57 Å². The number of rotatable bonds is 1. The van der Waals surface area contributed by atoms with Crippen molar-refractivity contribution < 1.29 is 9.30 Å². The fourth-order valence-corrected chi connectivity index (χ4v) is 1.04. The van der Waals surface area contributed by atoms with Crippen molar-refractivity contribution in [2.24, 2.45) is 14.1 Å². The summed E-state index contributed by atoms with van der Waals surface area (Å²) in [5.74, 6) is 0.771. The van der Waals surface area contributed by atoms with Crippen LogP contribution in [0.1, 0.15) is 0 Å². The Hall–Kier alpha value is -0.900. The minimum atomic E-state index is 0.740. The first-order valence-corrected chi connectivity index (χ1v) is 3.67. The normalized spacial score (nSPS) is 9.73. The lowest BCUT2D eigenvalue weighted by molar-refractivity contribution is -0.683. The fraction of sp³-hybridized carbons (Fsp3) is 0.429. The first-order chi connectivity index (χ1) is 5.16. The zero-order valence-electron chi connectivity index (χ0n) is 6.87. The molecule has 1 heterocycles. The van der Waals surface area contributed by atoms with Gasteiger partial charge in [-0.05, 0) is 0 Å². The summed E-state index contributed by atoms with van der Waals surface area (Å²) >= 11 is 5.09. The molecule has 4 heteroatoms. The van der Waals surface area contributed by atoms with Gasteiger partial charge < -0.3 is 4.74 Å². The van der Waals surface area contributed by atoms with E-state index in [2.05, 4.69) is 0 Å². The standard InChI is InChI=1S/C7H11N2OS/c1-8-5-4-6(10-3)9(2)7(8)11/h4-5H,1-3H3/q+1. The van der Waals surface area contributed by atoms with Crippen molar-refractivity contribution in [2.45, 2.75) is 0 Å². The van der Waals surface area contributed by atoms with Gasteiger partial charge in [0.2, 0.25) is 0 Å². The van der Waals surface area contributed by atoms with Gasteiger partial charge in [-0.2, -0.15) is 4.57 Å². The van der Waals surface area contributed by atoms with Crippen molar-refractivity contribution in [3.8, 4) is 5.88 Å². The molecule has 0 atom stereocenters. The number of aryl methyl sites for hydroxylation is 1. The molecule has 1 rings (SSSR count). The van der Waals surface area contributed by atoms with E-state index in [9.17, 15) is 0 Å². The number of aromatic nitrogens is 2. The molecule has 0 aromatic carbocycles. The van der Waals surface area contributed by atoms with Crippen LogP contribution in [0.4, 0.5) is 0 Å². The Bertz CT molecular complexity index is 319. The molecule has 0 aliphatic carbocycles. The van der Waals surface area contributed by atoms with Gasteiger partial charge in [0, 0.05) is 12.2 Å². The highest BCUT2D eigenvalue weighted by Gasteiger charge is 2.05. The van der Waals surface area contributed by atoms with Crippen LogP contribution in [-0.4, -0.2) is 11.7 Å². The third-order valence-corrected chi connectivity index (χ3v) is 2.13. The molecule has 60 valence electrons. The summed E-state index contributed by atoms with van der Waals surface area (Å²) in [6.07, 6.45) is 1.88. The lowest BCUT2D eigenvalue weighted by Crippen LogP contribution is -2.32. The third kappa shape index (κ3) is 1.40. The van der Waals surface area contributed by atoms with Crippen molar-refractivity contribution in [1.29, 1.82) is 0 Å². The van der Waals surface area contributed by atoms with E-state index < -0.39 is 0 Å². The van der Waals surface area contributed by atoms with E-state index in [-0.39, 0.29) is 0 Å². The van der Waals surface area contributed by atoms with Crippen molar-refractivity contribution in [3.63, 3.8) is 0 Å². The second-order valence-corrected chi connectivity index (χ2v) is 2.68. The Morgan fingerprint density at radius 2 is 2.27 bits per heavy atom. The second kappa shape index (κ2) is 3.00. The van der Waals surface area contributed by atoms with Crippen LogP contribution in [0.2, 0.25) is 0 Å². The Balaban J connectivity index is 3.37. The highest BCUT2D eigenvalue weighted by atomic mass is 32.1. The van der Waals surface area contributed by atoms with Crippen LogP contribution in [0.15, 0.2) is 12.3 Å². The van der Waals surface area contributed by atoms with E-state index in [0.717, 1.165) is 10.7 Å². The van der Waals surface area contributed by atoms with Crippen molar-refractivity contribution in [2.75, 3.05) is 7.11 Å². The molecule has 0 saturated heterocycles. The van der Waals surface area contributed by atoms with Gasteiger partial charge in [-0.15, -0.1) is 0 Å². The van der Waals surface area contributed by atoms with Gasteiger partial charge in [-0.1, -0.05) is 0 Å². The van der Waals surface area contributed by atoms with Gasteiger partial charge >= 0.3 is 4.77 Å². The minimum absolute atomic E-state index is 0.740. The zero-order valence-corrected chi connectivity index (χ0v) is 7.68. The molecule has 0 spiro atoms. The molecule has 1 aromatic rings. The second-order valence-electron chi connectivity index (χ2n) is 2.31. The fourth-order valence-electron chi connectivity index (χ4n) is 0.887. The topological polar surface area (TPSA) is 18.0 Å². The SMILES string of the molecule is COc1cc[n+](C)c(=S)n1C. The van der Waals surface area contributed by atoms with E-state index in [1.54, 1.807) is 7.11 Å². The molecular formula is C7H11N2OS+. The average molecular weight is 171 g/mol. The van der Waals surface area contributed by atoms with Gasteiger partial charge in [0.15, 0.2) is 0 Å². The molecule has 0 aliphatic rings. The molecule has 0 radical (unpaired) electrons. The van der Waals surface area contributed by atoms with Gasteiger partial charge in [0.1, 0.15) is 0 Å². The molecule has 0 bridgehead atoms. The van der Waals surface area contributed by atoms with E-state index in [4.69, 9.17) is 17.0 Å². The molecule has 0 saturated carbocycles. The van der Waals surface area contributed by atoms with Gasteiger partial charge in [0.05, 0.1) is 33.5 Å². The average Bonchev–Trinajstić information content (AvgIpc) is 2.01. The molecular weight excluding hydrogens is 160 g/mol. The van der Waals surface area contributed by atoms with Gasteiger partial charge in [0.25, 0.3) is 5.88 Å². The van der Waals surface area contributed by atoms with Gasteiger partial charge in [-0.25, -0.2) is 4.57 Å². The maximum Gasteiger partial charge on any atom is 0.353 e. The summed E-state index contributed by atoms with van der Waals surface area (Å²) < 4.78 is 9.48. The first-order valence-electron chi connectivity index (χ1n) is 3.26. The summed E-state index contributed by atoms with van der Waals surface area (Å²) in [5.41, 5.74) is 0. The van der Waals surface area contributed by atoms with Gasteiger partial charge in [-0.3, -0.25) is 0 Å². The minimum Gasteiger partial charge on any atom is -0.465 e. The van der Waals surface area contributed by atoms with Crippen LogP contribution in [0.3, 0.4) is 0 Å².